The molecule has 4 aliphatic heterocycles. The number of rotatable bonds is 5. The zero-order valence-corrected chi connectivity index (χ0v) is 34.0. The van der Waals surface area contributed by atoms with Crippen LogP contribution in [0.2, 0.25) is 0 Å². The van der Waals surface area contributed by atoms with Crippen molar-refractivity contribution in [2.75, 3.05) is 13.7 Å². The van der Waals surface area contributed by atoms with E-state index in [2.05, 4.69) is 66.5 Å². The lowest BCUT2D eigenvalue weighted by Crippen LogP contribution is -2.82. The lowest BCUT2D eigenvalue weighted by molar-refractivity contribution is -1.31. The van der Waals surface area contributed by atoms with Gasteiger partial charge < -0.3 is 24.1 Å². The van der Waals surface area contributed by atoms with Gasteiger partial charge in [-0.2, -0.15) is 4.84 Å². The van der Waals surface area contributed by atoms with Gasteiger partial charge in [-0.15, -0.1) is 4.84 Å². The Labute approximate surface area is 280 Å². The molecular weight excluding hydrogens is 970 g/mol. The highest BCUT2D eigenvalue weighted by molar-refractivity contribution is 14.2. The van der Waals surface area contributed by atoms with Crippen molar-refractivity contribution in [3.8, 4) is 0 Å². The summed E-state index contributed by atoms with van der Waals surface area (Å²) >= 11 is -3.05. The van der Waals surface area contributed by atoms with E-state index < -0.39 is 116 Å². The van der Waals surface area contributed by atoms with Crippen LogP contribution in [0.4, 0.5) is 0 Å². The molecule has 4 fully saturated rings. The fourth-order valence-electron chi connectivity index (χ4n) is 7.11. The lowest BCUT2D eigenvalue weighted by Gasteiger charge is -2.69. The maximum Gasteiger partial charge on any atom is 0.219 e. The zero-order chi connectivity index (χ0) is 30.2. The van der Waals surface area contributed by atoms with E-state index in [4.69, 9.17) is 28.6 Å². The van der Waals surface area contributed by atoms with Gasteiger partial charge in [0.05, 0.1) is 0 Å². The Balaban J connectivity index is 1.92. The first-order chi connectivity index (χ1) is 18.4. The summed E-state index contributed by atoms with van der Waals surface area (Å²) in [4.78, 5) is 14.4. The van der Waals surface area contributed by atoms with Crippen LogP contribution < -0.4 is 0 Å². The van der Waals surface area contributed by atoms with Crippen molar-refractivity contribution in [1.29, 1.82) is 0 Å². The summed E-state index contributed by atoms with van der Waals surface area (Å²) in [6.07, 6.45) is 0.354. The van der Waals surface area contributed by atoms with Crippen molar-refractivity contribution < 1.29 is 38.5 Å². The molecular formula is C28H48I4NO7+. The number of methoxy groups -OCH3 is 1. The minimum atomic E-state index is -0.909. The highest BCUT2D eigenvalue weighted by Gasteiger charge is 2.80. The van der Waals surface area contributed by atoms with Crippen LogP contribution in [-0.2, 0) is 28.6 Å². The predicted molar refractivity (Wildman–Crippen MR) is 197 cm³/mol. The van der Waals surface area contributed by atoms with Gasteiger partial charge >= 0.3 is 0 Å². The van der Waals surface area contributed by atoms with Gasteiger partial charge in [0, 0.05) is 32.3 Å². The Morgan fingerprint density at radius 3 is 1.90 bits per heavy atom. The number of hydrogen-bond donors (Lipinski definition) is 1. The summed E-state index contributed by atoms with van der Waals surface area (Å²) in [6, 6.07) is 0. The third kappa shape index (κ3) is 4.87. The van der Waals surface area contributed by atoms with Gasteiger partial charge in [0.1, 0.15) is 6.10 Å². The SMILES string of the molecule is C=I[C@@]12CO[N+](C(C)(C)C)(C(C)(C)C)O[C@]1(I=C)C[C@]1(I=C)O[C@]3(C[C@H](C)[C@H](O)C(OC)O3)C[C@H](C)[C@]1(I=C)O2. The Morgan fingerprint density at radius 2 is 1.43 bits per heavy atom. The third-order valence-electron chi connectivity index (χ3n) is 8.81. The molecule has 1 unspecified atom stereocenters. The monoisotopic (exact) mass is 1020 g/mol. The van der Waals surface area contributed by atoms with Gasteiger partial charge in [-0.1, -0.05) is 115 Å². The maximum atomic E-state index is 10.8. The number of fused-ring (bicyclic) bond motifs is 2. The lowest BCUT2D eigenvalue weighted by atomic mass is 9.79. The van der Waals surface area contributed by atoms with Crippen molar-refractivity contribution in [2.45, 2.75) is 118 Å². The molecule has 0 amide bonds. The van der Waals surface area contributed by atoms with Crippen molar-refractivity contribution in [1.82, 2.24) is 0 Å². The zero-order valence-electron chi connectivity index (χ0n) is 25.3. The standard InChI is InChI=1S/C28H48I4NO7/c1-18-14-24(37-21(35-13)20(18)34)15-19(2)28(32-12)26(30-10,38-24)16-25(29-9)27(31-11,39-28)17-36-33(40-25,22(3,4)5)23(6,7)8/h18-21,34H,9-12,14-17H2,1-8,13H3/q+1/t18-,19-,20-,21?,24+,25+,26-,27+,28-/m0/s1. The van der Waals surface area contributed by atoms with E-state index in [1.165, 1.54) is 0 Å². The first-order valence-electron chi connectivity index (χ1n) is 13.5. The molecule has 40 heavy (non-hydrogen) atoms. The third-order valence-corrected chi connectivity index (χ3v) is 22.1. The number of quaternary nitrogens is 1. The molecule has 0 aromatic carbocycles. The molecule has 1 spiro atoms. The summed E-state index contributed by atoms with van der Waals surface area (Å²) < 4.78 is 42.7. The molecule has 234 valence electrons. The second-order valence-corrected chi connectivity index (χ2v) is 23.3. The van der Waals surface area contributed by atoms with Crippen LogP contribution in [-0.4, -0.2) is 85.4 Å². The van der Waals surface area contributed by atoms with Crippen molar-refractivity contribution in [3.63, 3.8) is 0 Å². The second-order valence-electron chi connectivity index (χ2n) is 13.4. The van der Waals surface area contributed by atoms with Crippen LogP contribution >= 0.6 is 82.9 Å². The fourth-order valence-corrected chi connectivity index (χ4v) is 20.8. The number of hydrogen-bond acceptors (Lipinski definition) is 7. The van der Waals surface area contributed by atoms with Crippen LogP contribution in [0, 0.1) is 11.8 Å². The molecule has 0 bridgehead atoms. The molecule has 0 aromatic heterocycles. The molecule has 0 aliphatic carbocycles. The molecule has 0 radical (unpaired) electrons. The van der Waals surface area contributed by atoms with E-state index >= 15 is 0 Å². The number of aliphatic hydroxyl groups is 1. The minimum absolute atomic E-state index is 0.0359. The first kappa shape index (κ1) is 34.9. The quantitative estimate of drug-likeness (QED) is 0.199. The normalized spacial score (nSPS) is 47.5. The molecule has 12 heteroatoms. The summed E-state index contributed by atoms with van der Waals surface area (Å²) in [5, 5.41) is 10.8. The molecule has 4 heterocycles. The average molecular weight is 1020 g/mol. The number of nitrogens with zero attached hydrogens (tertiary/aromatic N) is 1. The number of ether oxygens (including phenoxy) is 4. The van der Waals surface area contributed by atoms with E-state index in [0.29, 0.717) is 25.9 Å². The predicted octanol–water partition coefficient (Wildman–Crippen LogP) is 6.24. The van der Waals surface area contributed by atoms with Crippen LogP contribution in [0.5, 0.6) is 0 Å². The molecule has 0 aromatic rings. The highest BCUT2D eigenvalue weighted by Crippen LogP contribution is 2.72. The van der Waals surface area contributed by atoms with Gasteiger partial charge in [0.2, 0.25) is 3.61 Å². The highest BCUT2D eigenvalue weighted by atomic mass is 127. The maximum absolute atomic E-state index is 10.8. The summed E-state index contributed by atoms with van der Waals surface area (Å²) in [5.74, 6) is -0.873. The van der Waals surface area contributed by atoms with Crippen molar-refractivity contribution in [3.05, 3.63) is 0 Å². The van der Waals surface area contributed by atoms with Gasteiger partial charge in [-0.05, 0) is 52.3 Å². The van der Waals surface area contributed by atoms with Gasteiger partial charge in [0.25, 0.3) is 0 Å². The second kappa shape index (κ2) is 11.4. The summed E-state index contributed by atoms with van der Waals surface area (Å²) in [7, 11) is 1.58. The fraction of sp³-hybridized carbons (Fsp3) is 0.857. The van der Waals surface area contributed by atoms with Crippen molar-refractivity contribution in [2.24, 2.45) is 11.8 Å². The Morgan fingerprint density at radius 1 is 0.850 bits per heavy atom. The minimum Gasteiger partial charge on any atom is -0.388 e. The Hall–Kier alpha value is 2.08. The number of hydroxylamine groups is 4. The molecule has 8 nitrogen and oxygen atoms in total. The Bertz CT molecular complexity index is 1050. The van der Waals surface area contributed by atoms with Crippen LogP contribution in [0.1, 0.15) is 74.7 Å². The van der Waals surface area contributed by atoms with E-state index in [1.54, 1.807) is 7.11 Å². The van der Waals surface area contributed by atoms with E-state index in [1.807, 2.05) is 6.92 Å². The first-order valence-corrected chi connectivity index (χ1v) is 23.9. The smallest absolute Gasteiger partial charge is 0.219 e. The number of aliphatic hydroxyl groups excluding tert-OH is 1. The van der Waals surface area contributed by atoms with E-state index in [0.717, 1.165) is 0 Å². The molecule has 4 rings (SSSR count). The molecule has 4 saturated heterocycles. The summed E-state index contributed by atoms with van der Waals surface area (Å²) in [5.41, 5.74) is -0.746. The van der Waals surface area contributed by atoms with Gasteiger partial charge in [-0.3, -0.25) is 0 Å². The average Bonchev–Trinajstić information content (AvgIpc) is 2.88. The molecule has 0 saturated carbocycles. The van der Waals surface area contributed by atoms with Gasteiger partial charge in [-0.25, -0.2) is 0 Å². The molecule has 9 atom stereocenters. The van der Waals surface area contributed by atoms with Crippen LogP contribution in [0.25, 0.3) is 0 Å². The summed E-state index contributed by atoms with van der Waals surface area (Å²) in [6.45, 7) is 17.7. The topological polar surface area (TPSA) is 75.6 Å². The Kier molecular flexibility index (Phi) is 9.96. The van der Waals surface area contributed by atoms with Crippen LogP contribution in [0.15, 0.2) is 0 Å². The van der Waals surface area contributed by atoms with E-state index in [9.17, 15) is 5.11 Å². The molecule has 4 aliphatic rings. The largest absolute Gasteiger partial charge is 0.388 e. The molecule has 1 N–H and O–H groups in total. The van der Waals surface area contributed by atoms with Crippen molar-refractivity contribution >= 4 is 101 Å². The van der Waals surface area contributed by atoms with Gasteiger partial charge in [0.15, 0.2) is 40.6 Å². The van der Waals surface area contributed by atoms with Crippen LogP contribution in [0.3, 0.4) is 0 Å². The number of alkyl halides is 4. The number of halogens is 4. The van der Waals surface area contributed by atoms with E-state index in [-0.39, 0.29) is 27.7 Å².